The molecule has 1 heterocycles. The van der Waals surface area contributed by atoms with Gasteiger partial charge in [-0.2, -0.15) is 0 Å². The van der Waals surface area contributed by atoms with E-state index in [2.05, 4.69) is 10.1 Å². The summed E-state index contributed by atoms with van der Waals surface area (Å²) in [5.41, 5.74) is 2.97. The van der Waals surface area contributed by atoms with Crippen molar-refractivity contribution >= 4 is 12.0 Å². The fraction of sp³-hybridized carbons (Fsp3) is 0.333. The number of aromatic nitrogens is 1. The Balaban J connectivity index is 3.30. The molecule has 1 aromatic rings. The third kappa shape index (κ3) is 1.61. The third-order valence-electron chi connectivity index (χ3n) is 2.02. The van der Waals surface area contributed by atoms with Gasteiger partial charge >= 0.3 is 0 Å². The first-order chi connectivity index (χ1) is 6.07. The minimum absolute atomic E-state index is 0.0174. The maximum Gasteiger partial charge on any atom is 0.161 e. The molecule has 0 aliphatic carbocycles. The number of rotatable bonds is 2. The van der Waals surface area contributed by atoms with Crippen molar-refractivity contribution in [1.82, 2.24) is 4.98 Å². The maximum atomic E-state index is 11.2. The second-order valence-electron chi connectivity index (χ2n) is 2.96. The number of carbonyl (C=O) groups excluding carboxylic acids is 1. The van der Waals surface area contributed by atoms with Gasteiger partial charge in [-0.3, -0.25) is 4.79 Å². The van der Waals surface area contributed by atoms with E-state index in [1.807, 2.05) is 13.8 Å². The van der Waals surface area contributed by atoms with Crippen LogP contribution in [0.4, 0.5) is 0 Å². The molecule has 2 N–H and O–H groups in total. The second kappa shape index (κ2) is 3.43. The summed E-state index contributed by atoms with van der Waals surface area (Å²) in [5, 5.41) is 11.3. The minimum Gasteiger partial charge on any atom is -0.411 e. The van der Waals surface area contributed by atoms with E-state index in [0.717, 1.165) is 11.3 Å². The summed E-state index contributed by atoms with van der Waals surface area (Å²) in [4.78, 5) is 14.1. The van der Waals surface area contributed by atoms with Gasteiger partial charge in [0, 0.05) is 11.3 Å². The van der Waals surface area contributed by atoms with Gasteiger partial charge in [0.05, 0.1) is 11.9 Å². The standard InChI is InChI=1S/C9H12N2O2/c1-5-8(4-10-13)11-6(2)9(5)7(3)12/h4,11,13H,1-3H3/b10-4+. The Morgan fingerprint density at radius 2 is 2.15 bits per heavy atom. The minimum atomic E-state index is 0.0174. The van der Waals surface area contributed by atoms with Crippen molar-refractivity contribution in [2.45, 2.75) is 20.8 Å². The van der Waals surface area contributed by atoms with Gasteiger partial charge in [0.2, 0.25) is 0 Å². The Kier molecular flexibility index (Phi) is 2.51. The molecule has 4 heteroatoms. The van der Waals surface area contributed by atoms with E-state index >= 15 is 0 Å². The third-order valence-corrected chi connectivity index (χ3v) is 2.02. The van der Waals surface area contributed by atoms with Crippen LogP contribution in [0.1, 0.15) is 34.2 Å². The summed E-state index contributed by atoms with van der Waals surface area (Å²) in [7, 11) is 0. The smallest absolute Gasteiger partial charge is 0.161 e. The molecule has 0 amide bonds. The highest BCUT2D eigenvalue weighted by Crippen LogP contribution is 2.16. The number of Topliss-reactive ketones (excluding diaryl/α,β-unsaturated/α-hetero) is 1. The summed E-state index contributed by atoms with van der Waals surface area (Å²) in [6.45, 7) is 5.15. The molecule has 0 bridgehead atoms. The highest BCUT2D eigenvalue weighted by atomic mass is 16.4. The molecule has 0 aliphatic rings. The molecule has 0 atom stereocenters. The lowest BCUT2D eigenvalue weighted by molar-refractivity contribution is 0.101. The first-order valence-electron chi connectivity index (χ1n) is 3.95. The van der Waals surface area contributed by atoms with Crippen molar-refractivity contribution in [3.05, 3.63) is 22.5 Å². The largest absolute Gasteiger partial charge is 0.411 e. The van der Waals surface area contributed by atoms with Crippen molar-refractivity contribution < 1.29 is 10.0 Å². The van der Waals surface area contributed by atoms with E-state index in [1.54, 1.807) is 0 Å². The van der Waals surface area contributed by atoms with Crippen LogP contribution < -0.4 is 0 Å². The van der Waals surface area contributed by atoms with Crippen molar-refractivity contribution in [2.24, 2.45) is 5.16 Å². The van der Waals surface area contributed by atoms with Gasteiger partial charge in [0.15, 0.2) is 5.78 Å². The SMILES string of the molecule is CC(=O)c1c(C)[nH]c(/C=N/O)c1C. The zero-order valence-corrected chi connectivity index (χ0v) is 7.88. The summed E-state index contributed by atoms with van der Waals surface area (Å²) < 4.78 is 0. The van der Waals surface area contributed by atoms with Crippen LogP contribution in [0.5, 0.6) is 0 Å². The Labute approximate surface area is 76.3 Å². The molecule has 4 nitrogen and oxygen atoms in total. The van der Waals surface area contributed by atoms with Crippen molar-refractivity contribution in [3.63, 3.8) is 0 Å². The summed E-state index contributed by atoms with van der Waals surface area (Å²) >= 11 is 0. The zero-order chi connectivity index (χ0) is 10.0. The summed E-state index contributed by atoms with van der Waals surface area (Å²) in [6, 6.07) is 0. The fourth-order valence-electron chi connectivity index (χ4n) is 1.49. The van der Waals surface area contributed by atoms with Crippen LogP contribution in [0.3, 0.4) is 0 Å². The van der Waals surface area contributed by atoms with E-state index in [4.69, 9.17) is 5.21 Å². The number of nitrogens with one attached hydrogen (secondary N) is 1. The van der Waals surface area contributed by atoms with E-state index < -0.39 is 0 Å². The molecule has 0 spiro atoms. The van der Waals surface area contributed by atoms with Gasteiger partial charge < -0.3 is 10.2 Å². The number of aryl methyl sites for hydroxylation is 1. The summed E-state index contributed by atoms with van der Waals surface area (Å²) in [5.74, 6) is 0.0174. The summed E-state index contributed by atoms with van der Waals surface area (Å²) in [6.07, 6.45) is 1.29. The number of ketones is 1. The number of H-pyrrole nitrogens is 1. The Bertz CT molecular complexity index is 364. The van der Waals surface area contributed by atoms with Crippen LogP contribution in [0.25, 0.3) is 0 Å². The number of hydrogen-bond donors (Lipinski definition) is 2. The number of oxime groups is 1. The zero-order valence-electron chi connectivity index (χ0n) is 7.88. The molecular weight excluding hydrogens is 168 g/mol. The van der Waals surface area contributed by atoms with Crippen molar-refractivity contribution in [1.29, 1.82) is 0 Å². The monoisotopic (exact) mass is 180 g/mol. The molecule has 0 fully saturated rings. The van der Waals surface area contributed by atoms with Gasteiger partial charge in [-0.1, -0.05) is 5.16 Å². The molecule has 1 rings (SSSR count). The number of hydrogen-bond acceptors (Lipinski definition) is 3. The first-order valence-corrected chi connectivity index (χ1v) is 3.95. The average molecular weight is 180 g/mol. The topological polar surface area (TPSA) is 65.5 Å². The van der Waals surface area contributed by atoms with Crippen LogP contribution in [-0.4, -0.2) is 22.2 Å². The van der Waals surface area contributed by atoms with Crippen molar-refractivity contribution in [3.8, 4) is 0 Å². The molecule has 0 unspecified atom stereocenters. The van der Waals surface area contributed by atoms with Crippen molar-refractivity contribution in [2.75, 3.05) is 0 Å². The predicted octanol–water partition coefficient (Wildman–Crippen LogP) is 1.64. The Morgan fingerprint density at radius 1 is 1.54 bits per heavy atom. The molecule has 13 heavy (non-hydrogen) atoms. The predicted molar refractivity (Wildman–Crippen MR) is 49.7 cm³/mol. The van der Waals surface area contributed by atoms with Gasteiger partial charge in [-0.05, 0) is 26.3 Å². The first kappa shape index (κ1) is 9.51. The van der Waals surface area contributed by atoms with E-state index in [0.29, 0.717) is 11.3 Å². The lowest BCUT2D eigenvalue weighted by Crippen LogP contribution is -1.95. The van der Waals surface area contributed by atoms with Crippen LogP contribution in [0.15, 0.2) is 5.16 Å². The van der Waals surface area contributed by atoms with E-state index in [-0.39, 0.29) is 5.78 Å². The highest BCUT2D eigenvalue weighted by molar-refractivity contribution is 5.99. The molecule has 0 aromatic carbocycles. The van der Waals surface area contributed by atoms with Gasteiger partial charge in [-0.15, -0.1) is 0 Å². The Morgan fingerprint density at radius 3 is 2.54 bits per heavy atom. The molecular formula is C9H12N2O2. The van der Waals surface area contributed by atoms with Gasteiger partial charge in [0.1, 0.15) is 0 Å². The molecule has 1 aromatic heterocycles. The second-order valence-corrected chi connectivity index (χ2v) is 2.96. The quantitative estimate of drug-likeness (QED) is 0.314. The number of aromatic amines is 1. The van der Waals surface area contributed by atoms with Crippen LogP contribution in [-0.2, 0) is 0 Å². The highest BCUT2D eigenvalue weighted by Gasteiger charge is 2.13. The molecule has 0 saturated heterocycles. The normalized spacial score (nSPS) is 11.0. The van der Waals surface area contributed by atoms with Crippen LogP contribution in [0.2, 0.25) is 0 Å². The van der Waals surface area contributed by atoms with Gasteiger partial charge in [0.25, 0.3) is 0 Å². The number of nitrogens with zero attached hydrogens (tertiary/aromatic N) is 1. The molecule has 0 aliphatic heterocycles. The Hall–Kier alpha value is -1.58. The average Bonchev–Trinajstić information content (AvgIpc) is 2.28. The van der Waals surface area contributed by atoms with Crippen LogP contribution >= 0.6 is 0 Å². The van der Waals surface area contributed by atoms with E-state index in [9.17, 15) is 4.79 Å². The fourth-order valence-corrected chi connectivity index (χ4v) is 1.49. The molecule has 70 valence electrons. The van der Waals surface area contributed by atoms with Crippen LogP contribution in [0, 0.1) is 13.8 Å². The lowest BCUT2D eigenvalue weighted by atomic mass is 10.1. The maximum absolute atomic E-state index is 11.2. The molecule has 0 saturated carbocycles. The van der Waals surface area contributed by atoms with E-state index in [1.165, 1.54) is 13.1 Å². The lowest BCUT2D eigenvalue weighted by Gasteiger charge is -1.94. The number of carbonyl (C=O) groups is 1. The van der Waals surface area contributed by atoms with Gasteiger partial charge in [-0.25, -0.2) is 0 Å². The molecule has 0 radical (unpaired) electrons.